The molecule has 2 heterocycles. The summed E-state index contributed by atoms with van der Waals surface area (Å²) < 4.78 is 6.73. The molecule has 6 heteroatoms. The average Bonchev–Trinajstić information content (AvgIpc) is 2.95. The van der Waals surface area contributed by atoms with E-state index in [-0.39, 0.29) is 12.1 Å². The number of hydrogen-bond donors (Lipinski definition) is 0. The van der Waals surface area contributed by atoms with Crippen molar-refractivity contribution in [3.63, 3.8) is 0 Å². The number of nitrogens with zero attached hydrogens (tertiary/aromatic N) is 3. The third-order valence-corrected chi connectivity index (χ3v) is 4.33. The summed E-state index contributed by atoms with van der Waals surface area (Å²) in [5, 5.41) is 11.3. The Hall–Kier alpha value is -2.65. The van der Waals surface area contributed by atoms with Gasteiger partial charge in [-0.1, -0.05) is 11.6 Å². The van der Waals surface area contributed by atoms with Crippen LogP contribution in [0, 0.1) is 18.3 Å². The molecular formula is C16H13N3O2S. The molecule has 0 aliphatic heterocycles. The zero-order valence-corrected chi connectivity index (χ0v) is 13.0. The van der Waals surface area contributed by atoms with Gasteiger partial charge in [0, 0.05) is 16.5 Å². The molecule has 3 rings (SSSR count). The van der Waals surface area contributed by atoms with E-state index in [1.54, 1.807) is 7.11 Å². The molecule has 0 unspecified atom stereocenters. The molecule has 0 aliphatic rings. The normalized spacial score (nSPS) is 10.6. The number of aryl methyl sites for hydroxylation is 1. The summed E-state index contributed by atoms with van der Waals surface area (Å²) in [4.78, 5) is 17.5. The van der Waals surface area contributed by atoms with Gasteiger partial charge in [-0.2, -0.15) is 5.26 Å². The van der Waals surface area contributed by atoms with Crippen LogP contribution in [0.3, 0.4) is 0 Å². The van der Waals surface area contributed by atoms with Gasteiger partial charge in [-0.3, -0.25) is 9.36 Å². The van der Waals surface area contributed by atoms with Gasteiger partial charge >= 0.3 is 0 Å². The summed E-state index contributed by atoms with van der Waals surface area (Å²) in [6, 6.07) is 7.81. The molecule has 2 aromatic heterocycles. The van der Waals surface area contributed by atoms with Crippen molar-refractivity contribution in [2.75, 3.05) is 7.11 Å². The minimum atomic E-state index is -0.202. The SMILES string of the molecule is COc1ccc(C)cc1-c1csc2ncn(CC#N)c(=O)c12. The zero-order valence-electron chi connectivity index (χ0n) is 12.2. The van der Waals surface area contributed by atoms with E-state index in [2.05, 4.69) is 4.98 Å². The number of nitriles is 1. The van der Waals surface area contributed by atoms with Crippen LogP contribution in [0.25, 0.3) is 21.3 Å². The Morgan fingerprint density at radius 1 is 1.41 bits per heavy atom. The molecule has 3 aromatic rings. The topological polar surface area (TPSA) is 67.9 Å². The Labute approximate surface area is 131 Å². The first kappa shape index (κ1) is 14.3. The summed E-state index contributed by atoms with van der Waals surface area (Å²) in [5.41, 5.74) is 2.54. The number of aromatic nitrogens is 2. The second-order valence-corrected chi connectivity index (χ2v) is 5.73. The van der Waals surface area contributed by atoms with Gasteiger partial charge in [-0.15, -0.1) is 11.3 Å². The van der Waals surface area contributed by atoms with Gasteiger partial charge in [-0.25, -0.2) is 4.98 Å². The molecule has 5 nitrogen and oxygen atoms in total. The number of benzene rings is 1. The van der Waals surface area contributed by atoms with Gasteiger partial charge in [0.25, 0.3) is 5.56 Å². The summed E-state index contributed by atoms with van der Waals surface area (Å²) in [7, 11) is 1.61. The van der Waals surface area contributed by atoms with E-state index in [1.807, 2.05) is 36.6 Å². The van der Waals surface area contributed by atoms with Crippen molar-refractivity contribution in [1.29, 1.82) is 5.26 Å². The lowest BCUT2D eigenvalue weighted by Gasteiger charge is -2.09. The van der Waals surface area contributed by atoms with E-state index in [0.29, 0.717) is 16.0 Å². The first-order valence-corrected chi connectivity index (χ1v) is 7.52. The van der Waals surface area contributed by atoms with Crippen molar-refractivity contribution in [3.8, 4) is 22.9 Å². The summed E-state index contributed by atoms with van der Waals surface area (Å²) in [5.74, 6) is 0.709. The molecule has 0 spiro atoms. The first-order chi connectivity index (χ1) is 10.7. The monoisotopic (exact) mass is 311 g/mol. The van der Waals surface area contributed by atoms with Crippen LogP contribution in [-0.2, 0) is 6.54 Å². The number of fused-ring (bicyclic) bond motifs is 1. The number of ether oxygens (including phenoxy) is 1. The Balaban J connectivity index is 2.33. The maximum absolute atomic E-state index is 12.6. The number of methoxy groups -OCH3 is 1. The molecule has 0 atom stereocenters. The van der Waals surface area contributed by atoms with Crippen molar-refractivity contribution < 1.29 is 4.74 Å². The smallest absolute Gasteiger partial charge is 0.263 e. The minimum Gasteiger partial charge on any atom is -0.496 e. The van der Waals surface area contributed by atoms with E-state index in [0.717, 1.165) is 16.7 Å². The molecule has 0 saturated carbocycles. The van der Waals surface area contributed by atoms with Gasteiger partial charge in [0.2, 0.25) is 0 Å². The third-order valence-electron chi connectivity index (χ3n) is 3.45. The summed E-state index contributed by atoms with van der Waals surface area (Å²) in [6.45, 7) is 1.98. The van der Waals surface area contributed by atoms with Gasteiger partial charge < -0.3 is 4.74 Å². The fourth-order valence-electron chi connectivity index (χ4n) is 2.39. The van der Waals surface area contributed by atoms with Crippen molar-refractivity contribution in [2.45, 2.75) is 13.5 Å². The number of hydrogen-bond acceptors (Lipinski definition) is 5. The minimum absolute atomic E-state index is 0.0119. The standard InChI is InChI=1S/C16H13N3O2S/c1-10-3-4-13(21-2)11(7-10)12-8-22-15-14(12)16(20)19(6-5-17)9-18-15/h3-4,7-9H,6H2,1-2H3. The lowest BCUT2D eigenvalue weighted by molar-refractivity contribution is 0.416. The van der Waals surface area contributed by atoms with Crippen molar-refractivity contribution in [2.24, 2.45) is 0 Å². The number of rotatable bonds is 3. The highest BCUT2D eigenvalue weighted by Crippen LogP contribution is 2.36. The lowest BCUT2D eigenvalue weighted by Crippen LogP contribution is -2.19. The van der Waals surface area contributed by atoms with Crippen molar-refractivity contribution in [3.05, 3.63) is 45.8 Å². The Bertz CT molecular complexity index is 950. The average molecular weight is 311 g/mol. The molecule has 22 heavy (non-hydrogen) atoms. The molecule has 0 aliphatic carbocycles. The van der Waals surface area contributed by atoms with Gasteiger partial charge in [0.15, 0.2) is 0 Å². The van der Waals surface area contributed by atoms with Crippen molar-refractivity contribution in [1.82, 2.24) is 9.55 Å². The second kappa shape index (κ2) is 5.62. The molecule has 1 aromatic carbocycles. The van der Waals surface area contributed by atoms with Crippen LogP contribution in [-0.4, -0.2) is 16.7 Å². The Morgan fingerprint density at radius 3 is 2.95 bits per heavy atom. The van der Waals surface area contributed by atoms with E-state index in [9.17, 15) is 4.79 Å². The van der Waals surface area contributed by atoms with E-state index >= 15 is 0 Å². The third kappa shape index (κ3) is 2.26. The maximum Gasteiger partial charge on any atom is 0.263 e. The van der Waals surface area contributed by atoms with Crippen LogP contribution in [0.5, 0.6) is 5.75 Å². The van der Waals surface area contributed by atoms with Crippen molar-refractivity contribution >= 4 is 21.6 Å². The quantitative estimate of drug-likeness (QED) is 0.746. The van der Waals surface area contributed by atoms with Gasteiger partial charge in [-0.05, 0) is 19.1 Å². The molecule has 0 saturated heterocycles. The lowest BCUT2D eigenvalue weighted by atomic mass is 10.0. The summed E-state index contributed by atoms with van der Waals surface area (Å²) >= 11 is 1.41. The highest BCUT2D eigenvalue weighted by molar-refractivity contribution is 7.17. The van der Waals surface area contributed by atoms with Crippen LogP contribution in [0.15, 0.2) is 34.7 Å². The molecule has 0 radical (unpaired) electrons. The second-order valence-electron chi connectivity index (χ2n) is 4.87. The Morgan fingerprint density at radius 2 is 2.23 bits per heavy atom. The van der Waals surface area contributed by atoms with Crippen LogP contribution in [0.1, 0.15) is 5.56 Å². The molecular weight excluding hydrogens is 298 g/mol. The highest BCUT2D eigenvalue weighted by Gasteiger charge is 2.16. The van der Waals surface area contributed by atoms with E-state index in [4.69, 9.17) is 10.00 Å². The van der Waals surface area contributed by atoms with Crippen LogP contribution < -0.4 is 10.3 Å². The van der Waals surface area contributed by atoms with E-state index < -0.39 is 0 Å². The fourth-order valence-corrected chi connectivity index (χ4v) is 3.28. The molecule has 0 N–H and O–H groups in total. The van der Waals surface area contributed by atoms with Crippen LogP contribution in [0.4, 0.5) is 0 Å². The van der Waals surface area contributed by atoms with Gasteiger partial charge in [0.05, 0.1) is 18.6 Å². The molecule has 0 bridgehead atoms. The zero-order chi connectivity index (χ0) is 15.7. The summed E-state index contributed by atoms with van der Waals surface area (Å²) in [6.07, 6.45) is 1.42. The molecule has 0 amide bonds. The van der Waals surface area contributed by atoms with E-state index in [1.165, 1.54) is 22.2 Å². The van der Waals surface area contributed by atoms with Crippen LogP contribution in [0.2, 0.25) is 0 Å². The van der Waals surface area contributed by atoms with Gasteiger partial charge in [0.1, 0.15) is 23.5 Å². The Kier molecular flexibility index (Phi) is 3.65. The first-order valence-electron chi connectivity index (χ1n) is 6.64. The maximum atomic E-state index is 12.6. The number of thiophene rings is 1. The predicted molar refractivity (Wildman–Crippen MR) is 86.2 cm³/mol. The molecule has 0 fully saturated rings. The highest BCUT2D eigenvalue weighted by atomic mass is 32.1. The van der Waals surface area contributed by atoms with Crippen LogP contribution >= 0.6 is 11.3 Å². The fraction of sp³-hybridized carbons (Fsp3) is 0.188. The molecule has 110 valence electrons. The predicted octanol–water partition coefficient (Wildman–Crippen LogP) is 2.97. The largest absolute Gasteiger partial charge is 0.496 e.